The van der Waals surface area contributed by atoms with Crippen molar-refractivity contribution in [3.8, 4) is 0 Å². The summed E-state index contributed by atoms with van der Waals surface area (Å²) in [7, 11) is -16.4. The maximum Gasteiger partial charge on any atom is 0.490 e. The molecule has 1 saturated heterocycles. The monoisotopic (exact) mass is 478 g/mol. The number of phosphoric acid groups is 3. The van der Waals surface area contributed by atoms with Crippen molar-refractivity contribution in [2.24, 2.45) is 5.92 Å². The van der Waals surface area contributed by atoms with Crippen molar-refractivity contribution in [3.63, 3.8) is 0 Å². The van der Waals surface area contributed by atoms with Gasteiger partial charge in [0.15, 0.2) is 6.23 Å². The van der Waals surface area contributed by atoms with Gasteiger partial charge in [-0.3, -0.25) is 4.52 Å². The smallest absolute Gasteiger partial charge is 0.388 e. The minimum atomic E-state index is -5.61. The van der Waals surface area contributed by atoms with Gasteiger partial charge < -0.3 is 39.6 Å². The number of nitrogens with one attached hydrogen (secondary N) is 1. The highest BCUT2D eigenvalue weighted by Crippen LogP contribution is 2.66. The van der Waals surface area contributed by atoms with Crippen molar-refractivity contribution in [2.45, 2.75) is 25.4 Å². The molecule has 3 unspecified atom stereocenters. The Hall–Kier alpha value is -0.850. The molecule has 14 nitrogen and oxygen atoms in total. The fraction of sp³-hybridized carbons (Fsp3) is 0.500. The van der Waals surface area contributed by atoms with E-state index in [9.17, 15) is 23.7 Å². The van der Waals surface area contributed by atoms with E-state index in [1.165, 1.54) is 4.90 Å². The highest BCUT2D eigenvalue weighted by molar-refractivity contribution is 7.66. The normalized spacial score (nSPS) is 32.0. The molecule has 166 valence electrons. The molecule has 0 radical (unpaired) electrons. The van der Waals surface area contributed by atoms with Gasteiger partial charge in [0.25, 0.3) is 0 Å². The molecule has 2 aliphatic heterocycles. The van der Waals surface area contributed by atoms with Gasteiger partial charge in [0.1, 0.15) is 11.9 Å². The first-order chi connectivity index (χ1) is 13.1. The summed E-state index contributed by atoms with van der Waals surface area (Å²) in [6, 6.07) is 0. The Kier molecular flexibility index (Phi) is 7.34. The molecule has 29 heavy (non-hydrogen) atoms. The van der Waals surface area contributed by atoms with Crippen molar-refractivity contribution in [3.05, 3.63) is 37.0 Å². The molecule has 2 rings (SSSR count). The number of hydrogen-bond acceptors (Lipinski definition) is 10. The van der Waals surface area contributed by atoms with Crippen LogP contribution in [0.4, 0.5) is 0 Å². The van der Waals surface area contributed by atoms with Crippen LogP contribution in [-0.2, 0) is 31.6 Å². The third kappa shape index (κ3) is 6.83. The van der Waals surface area contributed by atoms with E-state index in [0.29, 0.717) is 11.5 Å². The number of nitrogens with zero attached hydrogens (tertiary/aromatic N) is 1. The molecule has 0 aromatic heterocycles. The van der Waals surface area contributed by atoms with E-state index in [1.54, 1.807) is 19.2 Å². The molecule has 0 bridgehead atoms. The summed E-state index contributed by atoms with van der Waals surface area (Å²) in [5, 5.41) is 13.2. The van der Waals surface area contributed by atoms with Crippen molar-refractivity contribution in [2.75, 3.05) is 6.61 Å². The Morgan fingerprint density at radius 2 is 1.79 bits per heavy atom. The molecule has 0 aromatic rings. The Bertz CT molecular complexity index is 840. The Morgan fingerprint density at radius 1 is 1.17 bits per heavy atom. The van der Waals surface area contributed by atoms with E-state index in [4.69, 9.17) is 19.4 Å². The van der Waals surface area contributed by atoms with Crippen LogP contribution < -0.4 is 5.32 Å². The minimum absolute atomic E-state index is 0.363. The number of hydrogen-bond donors (Lipinski definition) is 6. The van der Waals surface area contributed by atoms with Crippen LogP contribution in [0.5, 0.6) is 0 Å². The molecule has 6 atom stereocenters. The molecule has 1 fully saturated rings. The SMILES string of the molecule is C=C1C=CN([C@@H]2O[C@H](COP(=O)(O)OP(=O)(O)OP(=O)(O)O)[C@H](C)C2O)C(=C)N1. The van der Waals surface area contributed by atoms with Gasteiger partial charge >= 0.3 is 23.5 Å². The number of phosphoric ester groups is 1. The molecule has 2 aliphatic rings. The standard InChI is InChI=1S/C12H21N2O12P3/c1-7-4-5-14(9(3)13-7)12-11(15)8(2)10(24-12)6-23-28(19,20)26-29(21,22)25-27(16,17)18/h4-5,8,10-13,15H,1,3,6H2,2H3,(H,19,20)(H,21,22)(H2,16,17,18)/t8-,10+,11?,12+/m0/s1. The van der Waals surface area contributed by atoms with E-state index in [2.05, 4.69) is 31.6 Å². The summed E-state index contributed by atoms with van der Waals surface area (Å²) < 4.78 is 51.2. The molecule has 2 heterocycles. The van der Waals surface area contributed by atoms with E-state index >= 15 is 0 Å². The second-order valence-electron chi connectivity index (χ2n) is 6.12. The third-order valence-corrected chi connectivity index (χ3v) is 7.68. The summed E-state index contributed by atoms with van der Waals surface area (Å²) in [5.74, 6) is -0.249. The molecular weight excluding hydrogens is 457 g/mol. The maximum atomic E-state index is 11.8. The Balaban J connectivity index is 2.00. The van der Waals surface area contributed by atoms with Crippen LogP contribution in [0, 0.1) is 5.92 Å². The van der Waals surface area contributed by atoms with E-state index in [1.807, 2.05) is 0 Å². The molecule has 0 aromatic carbocycles. The van der Waals surface area contributed by atoms with E-state index < -0.39 is 54.4 Å². The zero-order valence-electron chi connectivity index (χ0n) is 15.0. The predicted molar refractivity (Wildman–Crippen MR) is 96.0 cm³/mol. The first-order valence-corrected chi connectivity index (χ1v) is 12.4. The summed E-state index contributed by atoms with van der Waals surface area (Å²) >= 11 is 0. The summed E-state index contributed by atoms with van der Waals surface area (Å²) in [6.45, 7) is 8.37. The van der Waals surface area contributed by atoms with Crippen molar-refractivity contribution in [1.29, 1.82) is 0 Å². The third-order valence-electron chi connectivity index (χ3n) is 3.88. The second kappa shape index (κ2) is 8.72. The fourth-order valence-corrected chi connectivity index (χ4v) is 5.58. The zero-order chi connectivity index (χ0) is 22.2. The lowest BCUT2D eigenvalue weighted by atomic mass is 10.0. The van der Waals surface area contributed by atoms with E-state index in [-0.39, 0.29) is 0 Å². The number of aliphatic hydroxyl groups is 1. The Labute approximate surface area is 165 Å². The molecule has 0 spiro atoms. The fourth-order valence-electron chi connectivity index (χ4n) is 2.55. The van der Waals surface area contributed by atoms with Crippen LogP contribution in [0.15, 0.2) is 37.0 Å². The van der Waals surface area contributed by atoms with Crippen LogP contribution in [-0.4, -0.2) is 54.6 Å². The molecule has 0 saturated carbocycles. The van der Waals surface area contributed by atoms with Gasteiger partial charge in [-0.2, -0.15) is 8.62 Å². The van der Waals surface area contributed by atoms with E-state index in [0.717, 1.165) is 0 Å². The summed E-state index contributed by atoms with van der Waals surface area (Å²) in [5.41, 5.74) is 0.566. The van der Waals surface area contributed by atoms with Gasteiger partial charge in [0, 0.05) is 17.8 Å². The molecule has 0 amide bonds. The van der Waals surface area contributed by atoms with Gasteiger partial charge in [-0.15, -0.1) is 0 Å². The largest absolute Gasteiger partial charge is 0.490 e. The molecular formula is C12H21N2O12P3. The van der Waals surface area contributed by atoms with Crippen molar-refractivity contribution in [1.82, 2.24) is 10.2 Å². The highest BCUT2D eigenvalue weighted by Gasteiger charge is 2.46. The molecule has 17 heteroatoms. The first kappa shape index (κ1) is 24.4. The molecule has 6 N–H and O–H groups in total. The topological polar surface area (TPSA) is 205 Å². The van der Waals surface area contributed by atoms with Crippen LogP contribution in [0.25, 0.3) is 0 Å². The van der Waals surface area contributed by atoms with Crippen LogP contribution in [0.2, 0.25) is 0 Å². The lowest BCUT2D eigenvalue weighted by Gasteiger charge is -2.34. The predicted octanol–water partition coefficient (Wildman–Crippen LogP) is 0.455. The highest BCUT2D eigenvalue weighted by atomic mass is 31.3. The van der Waals surface area contributed by atoms with Crippen molar-refractivity contribution < 1.29 is 56.3 Å². The minimum Gasteiger partial charge on any atom is -0.388 e. The Morgan fingerprint density at radius 3 is 2.34 bits per heavy atom. The van der Waals surface area contributed by atoms with Crippen LogP contribution in [0.1, 0.15) is 6.92 Å². The van der Waals surface area contributed by atoms with Gasteiger partial charge in [-0.1, -0.05) is 20.1 Å². The maximum absolute atomic E-state index is 11.8. The quantitative estimate of drug-likeness (QED) is 0.262. The van der Waals surface area contributed by atoms with Gasteiger partial charge in [-0.05, 0) is 6.08 Å². The average Bonchev–Trinajstić information content (AvgIpc) is 2.78. The lowest BCUT2D eigenvalue weighted by Crippen LogP contribution is -2.43. The van der Waals surface area contributed by atoms with Crippen LogP contribution in [0.3, 0.4) is 0 Å². The average molecular weight is 478 g/mol. The number of aliphatic hydroxyl groups excluding tert-OH is 1. The lowest BCUT2D eigenvalue weighted by molar-refractivity contribution is -0.0696. The van der Waals surface area contributed by atoms with Gasteiger partial charge in [-0.25, -0.2) is 13.7 Å². The zero-order valence-corrected chi connectivity index (χ0v) is 17.7. The number of rotatable bonds is 8. The first-order valence-electron chi connectivity index (χ1n) is 7.83. The summed E-state index contributed by atoms with van der Waals surface area (Å²) in [6.07, 6.45) is 0.218. The number of allylic oxidation sites excluding steroid dienone is 1. The summed E-state index contributed by atoms with van der Waals surface area (Å²) in [4.78, 5) is 37.1. The second-order valence-corrected chi connectivity index (χ2v) is 10.5. The number of ether oxygens (including phenoxy) is 1. The van der Waals surface area contributed by atoms with Gasteiger partial charge in [0.05, 0.1) is 12.7 Å². The molecule has 0 aliphatic carbocycles. The van der Waals surface area contributed by atoms with Gasteiger partial charge in [0.2, 0.25) is 0 Å². The van der Waals surface area contributed by atoms with Crippen molar-refractivity contribution >= 4 is 23.5 Å². The van der Waals surface area contributed by atoms with Crippen LogP contribution >= 0.6 is 23.5 Å².